The Kier molecular flexibility index (Phi) is 2.12. The maximum absolute atomic E-state index is 10.9. The molecule has 4 heteroatoms. The number of piperazine rings is 1. The first-order valence-electron chi connectivity index (χ1n) is 3.65. The van der Waals surface area contributed by atoms with Gasteiger partial charge in [-0.05, 0) is 6.92 Å². The van der Waals surface area contributed by atoms with E-state index in [9.17, 15) is 9.59 Å². The fourth-order valence-corrected chi connectivity index (χ4v) is 1.16. The highest BCUT2D eigenvalue weighted by atomic mass is 16.2. The Morgan fingerprint density at radius 1 is 1.73 bits per heavy atom. The zero-order valence-corrected chi connectivity index (χ0v) is 6.76. The summed E-state index contributed by atoms with van der Waals surface area (Å²) in [6.07, 6.45) is 0. The molecule has 62 valence electrons. The summed E-state index contributed by atoms with van der Waals surface area (Å²) < 4.78 is 0. The van der Waals surface area contributed by atoms with E-state index in [0.717, 1.165) is 0 Å². The summed E-state index contributed by atoms with van der Waals surface area (Å²) in [6.45, 7) is 4.17. The van der Waals surface area contributed by atoms with E-state index in [4.69, 9.17) is 0 Å². The molecule has 0 radical (unpaired) electrons. The molecule has 0 spiro atoms. The second kappa shape index (κ2) is 2.90. The van der Waals surface area contributed by atoms with Crippen LogP contribution >= 0.6 is 0 Å². The van der Waals surface area contributed by atoms with Crippen molar-refractivity contribution in [2.24, 2.45) is 0 Å². The Balaban J connectivity index is 2.61. The maximum Gasteiger partial charge on any atom is 0.239 e. The number of hydrogen-bond donors (Lipinski definition) is 1. The van der Waals surface area contributed by atoms with E-state index in [1.807, 2.05) is 6.92 Å². The molecular weight excluding hydrogens is 144 g/mol. The van der Waals surface area contributed by atoms with E-state index in [2.05, 4.69) is 5.32 Å². The van der Waals surface area contributed by atoms with E-state index < -0.39 is 0 Å². The van der Waals surface area contributed by atoms with Crippen LogP contribution < -0.4 is 5.32 Å². The number of amides is 2. The Hall–Kier alpha value is -1.06. The number of nitrogens with zero attached hydrogens (tertiary/aromatic N) is 1. The maximum atomic E-state index is 10.9. The zero-order valence-electron chi connectivity index (χ0n) is 6.76. The predicted octanol–water partition coefficient (Wildman–Crippen LogP) is -0.647. The molecule has 0 aromatic carbocycles. The molecule has 0 bridgehead atoms. The monoisotopic (exact) mass is 156 g/mol. The van der Waals surface area contributed by atoms with Gasteiger partial charge in [-0.2, -0.15) is 0 Å². The van der Waals surface area contributed by atoms with Crippen molar-refractivity contribution < 1.29 is 9.59 Å². The molecule has 1 aliphatic heterocycles. The molecule has 2 amide bonds. The quantitative estimate of drug-likeness (QED) is 0.507. The molecule has 1 fully saturated rings. The van der Waals surface area contributed by atoms with Crippen LogP contribution in [0, 0.1) is 0 Å². The van der Waals surface area contributed by atoms with E-state index in [0.29, 0.717) is 6.54 Å². The van der Waals surface area contributed by atoms with E-state index in [-0.39, 0.29) is 24.4 Å². The first-order valence-corrected chi connectivity index (χ1v) is 3.65. The van der Waals surface area contributed by atoms with Crippen molar-refractivity contribution in [1.29, 1.82) is 0 Å². The van der Waals surface area contributed by atoms with Crippen LogP contribution in [0.1, 0.15) is 13.8 Å². The molecule has 0 saturated carbocycles. The minimum absolute atomic E-state index is 0.0349. The van der Waals surface area contributed by atoms with Crippen molar-refractivity contribution in [1.82, 2.24) is 10.2 Å². The van der Waals surface area contributed by atoms with Crippen LogP contribution in [0.25, 0.3) is 0 Å². The molecule has 1 aliphatic rings. The smallest absolute Gasteiger partial charge is 0.239 e. The number of carbonyl (C=O) groups excluding carboxylic acids is 2. The molecule has 1 rings (SSSR count). The van der Waals surface area contributed by atoms with Gasteiger partial charge < -0.3 is 10.2 Å². The molecule has 1 atom stereocenters. The van der Waals surface area contributed by atoms with Gasteiger partial charge in [-0.1, -0.05) is 0 Å². The van der Waals surface area contributed by atoms with Gasteiger partial charge >= 0.3 is 0 Å². The lowest BCUT2D eigenvalue weighted by Gasteiger charge is -2.32. The van der Waals surface area contributed by atoms with Crippen LogP contribution in [0.15, 0.2) is 0 Å². The second-order valence-corrected chi connectivity index (χ2v) is 2.80. The summed E-state index contributed by atoms with van der Waals surface area (Å²) in [4.78, 5) is 23.3. The normalized spacial score (nSPS) is 24.7. The molecule has 1 N–H and O–H groups in total. The number of carbonyl (C=O) groups is 2. The summed E-state index contributed by atoms with van der Waals surface area (Å²) in [5.41, 5.74) is 0. The van der Waals surface area contributed by atoms with Gasteiger partial charge in [0.25, 0.3) is 0 Å². The largest absolute Gasteiger partial charge is 0.353 e. The molecule has 1 heterocycles. The lowest BCUT2D eigenvalue weighted by Crippen LogP contribution is -2.54. The summed E-state index contributed by atoms with van der Waals surface area (Å²) in [5.74, 6) is -0.106. The van der Waals surface area contributed by atoms with Gasteiger partial charge in [0, 0.05) is 19.5 Å². The molecule has 11 heavy (non-hydrogen) atoms. The highest BCUT2D eigenvalue weighted by Gasteiger charge is 2.24. The van der Waals surface area contributed by atoms with Crippen molar-refractivity contribution >= 4 is 11.8 Å². The van der Waals surface area contributed by atoms with Crippen molar-refractivity contribution in [3.63, 3.8) is 0 Å². The Bertz CT molecular complexity index is 191. The van der Waals surface area contributed by atoms with Crippen LogP contribution in [0.4, 0.5) is 0 Å². The lowest BCUT2D eigenvalue weighted by molar-refractivity contribution is -0.139. The van der Waals surface area contributed by atoms with Gasteiger partial charge in [-0.3, -0.25) is 9.59 Å². The van der Waals surface area contributed by atoms with E-state index >= 15 is 0 Å². The topological polar surface area (TPSA) is 49.4 Å². The average Bonchev–Trinajstić information content (AvgIpc) is 1.94. The molecule has 0 aromatic heterocycles. The lowest BCUT2D eigenvalue weighted by atomic mass is 10.2. The Labute approximate surface area is 65.6 Å². The summed E-state index contributed by atoms with van der Waals surface area (Å²) >= 11 is 0. The molecule has 0 aliphatic carbocycles. The SMILES string of the molecule is CC(=O)N1CC(=O)NC[C@H]1C. The third-order valence-corrected chi connectivity index (χ3v) is 1.85. The molecular formula is C7H12N2O2. The number of nitrogens with one attached hydrogen (secondary N) is 1. The number of rotatable bonds is 0. The average molecular weight is 156 g/mol. The van der Waals surface area contributed by atoms with Crippen molar-refractivity contribution in [2.75, 3.05) is 13.1 Å². The van der Waals surface area contributed by atoms with E-state index in [1.54, 1.807) is 4.90 Å². The summed E-state index contributed by atoms with van der Waals surface area (Å²) in [6, 6.07) is 0.130. The third kappa shape index (κ3) is 1.69. The van der Waals surface area contributed by atoms with Gasteiger partial charge in [0.05, 0.1) is 6.54 Å². The minimum atomic E-state index is -0.0710. The van der Waals surface area contributed by atoms with Gasteiger partial charge in [0.1, 0.15) is 0 Å². The van der Waals surface area contributed by atoms with Crippen molar-refractivity contribution in [3.8, 4) is 0 Å². The van der Waals surface area contributed by atoms with Gasteiger partial charge in [0.2, 0.25) is 11.8 Å². The van der Waals surface area contributed by atoms with E-state index in [1.165, 1.54) is 6.92 Å². The third-order valence-electron chi connectivity index (χ3n) is 1.85. The van der Waals surface area contributed by atoms with Crippen molar-refractivity contribution in [3.05, 3.63) is 0 Å². The predicted molar refractivity (Wildman–Crippen MR) is 39.9 cm³/mol. The summed E-state index contributed by atoms with van der Waals surface area (Å²) in [7, 11) is 0. The Morgan fingerprint density at radius 2 is 2.36 bits per heavy atom. The van der Waals surface area contributed by atoms with Crippen LogP contribution in [0.5, 0.6) is 0 Å². The molecule has 0 unspecified atom stereocenters. The van der Waals surface area contributed by atoms with Gasteiger partial charge in [0.15, 0.2) is 0 Å². The fourth-order valence-electron chi connectivity index (χ4n) is 1.16. The zero-order chi connectivity index (χ0) is 8.43. The first kappa shape index (κ1) is 8.04. The minimum Gasteiger partial charge on any atom is -0.353 e. The van der Waals surface area contributed by atoms with Crippen LogP contribution in [-0.4, -0.2) is 35.8 Å². The first-order chi connectivity index (χ1) is 5.11. The summed E-state index contributed by atoms with van der Waals surface area (Å²) in [5, 5.41) is 2.68. The van der Waals surface area contributed by atoms with Crippen molar-refractivity contribution in [2.45, 2.75) is 19.9 Å². The van der Waals surface area contributed by atoms with Crippen LogP contribution in [0.3, 0.4) is 0 Å². The van der Waals surface area contributed by atoms with Crippen LogP contribution in [0.2, 0.25) is 0 Å². The molecule has 0 aromatic rings. The number of hydrogen-bond acceptors (Lipinski definition) is 2. The Morgan fingerprint density at radius 3 is 2.82 bits per heavy atom. The second-order valence-electron chi connectivity index (χ2n) is 2.80. The molecule has 1 saturated heterocycles. The standard InChI is InChI=1S/C7H12N2O2/c1-5-3-8-7(11)4-9(5)6(2)10/h5H,3-4H2,1-2H3,(H,8,11)/t5-/m1/s1. The highest BCUT2D eigenvalue weighted by Crippen LogP contribution is 2.02. The fraction of sp³-hybridized carbons (Fsp3) is 0.714. The van der Waals surface area contributed by atoms with Gasteiger partial charge in [-0.25, -0.2) is 0 Å². The van der Waals surface area contributed by atoms with Crippen LogP contribution in [-0.2, 0) is 9.59 Å². The van der Waals surface area contributed by atoms with Gasteiger partial charge in [-0.15, -0.1) is 0 Å². The highest BCUT2D eigenvalue weighted by molar-refractivity contribution is 5.85. The molecule has 4 nitrogen and oxygen atoms in total.